The summed E-state index contributed by atoms with van der Waals surface area (Å²) in [6.45, 7) is 4.67. The van der Waals surface area contributed by atoms with Gasteiger partial charge in [-0.25, -0.2) is 0 Å². The standard InChI is InChI=1S/C12H16N2O/c1-8(2)15-7-11-6-9-5-10(13)3-4-12(9)14-11/h3-6,8,14H,7,13H2,1-2H3. The van der Waals surface area contributed by atoms with Gasteiger partial charge < -0.3 is 15.5 Å². The predicted octanol–water partition coefficient (Wildman–Crippen LogP) is 2.68. The monoisotopic (exact) mass is 204 g/mol. The molecule has 0 fully saturated rings. The van der Waals surface area contributed by atoms with Crippen molar-refractivity contribution in [3.63, 3.8) is 0 Å². The molecule has 0 unspecified atom stereocenters. The fraction of sp³-hybridized carbons (Fsp3) is 0.333. The third kappa shape index (κ3) is 2.30. The molecule has 2 aromatic rings. The van der Waals surface area contributed by atoms with E-state index in [-0.39, 0.29) is 6.10 Å². The van der Waals surface area contributed by atoms with Gasteiger partial charge in [0.2, 0.25) is 0 Å². The van der Waals surface area contributed by atoms with Crippen molar-refractivity contribution in [1.29, 1.82) is 0 Å². The highest BCUT2D eigenvalue weighted by atomic mass is 16.5. The van der Waals surface area contributed by atoms with Crippen LogP contribution in [-0.4, -0.2) is 11.1 Å². The largest absolute Gasteiger partial charge is 0.399 e. The topological polar surface area (TPSA) is 51.0 Å². The van der Waals surface area contributed by atoms with E-state index in [2.05, 4.69) is 11.1 Å². The number of nitrogen functional groups attached to an aromatic ring is 1. The van der Waals surface area contributed by atoms with Crippen molar-refractivity contribution in [2.75, 3.05) is 5.73 Å². The van der Waals surface area contributed by atoms with Crippen LogP contribution >= 0.6 is 0 Å². The van der Waals surface area contributed by atoms with Crippen LogP contribution < -0.4 is 5.73 Å². The molecule has 0 atom stereocenters. The molecule has 0 aliphatic heterocycles. The molecule has 0 amide bonds. The van der Waals surface area contributed by atoms with Crippen LogP contribution in [0.15, 0.2) is 24.3 Å². The normalized spacial score (nSPS) is 11.4. The number of nitrogens with one attached hydrogen (secondary N) is 1. The lowest BCUT2D eigenvalue weighted by atomic mass is 10.2. The molecule has 3 N–H and O–H groups in total. The van der Waals surface area contributed by atoms with Crippen LogP contribution in [-0.2, 0) is 11.3 Å². The Balaban J connectivity index is 2.23. The van der Waals surface area contributed by atoms with Gasteiger partial charge in [-0.2, -0.15) is 0 Å². The zero-order valence-corrected chi connectivity index (χ0v) is 9.08. The second kappa shape index (κ2) is 3.95. The zero-order chi connectivity index (χ0) is 10.8. The number of anilines is 1. The second-order valence-electron chi connectivity index (χ2n) is 4.00. The smallest absolute Gasteiger partial charge is 0.0869 e. The fourth-order valence-electron chi connectivity index (χ4n) is 1.55. The number of benzene rings is 1. The van der Waals surface area contributed by atoms with Crippen LogP contribution in [0.3, 0.4) is 0 Å². The van der Waals surface area contributed by atoms with E-state index in [0.29, 0.717) is 6.61 Å². The molecule has 80 valence electrons. The Bertz CT molecular complexity index is 460. The Hall–Kier alpha value is -1.48. The minimum atomic E-state index is 0.251. The quantitative estimate of drug-likeness (QED) is 0.755. The van der Waals surface area contributed by atoms with E-state index >= 15 is 0 Å². The number of nitrogens with two attached hydrogens (primary N) is 1. The van der Waals surface area contributed by atoms with Gasteiger partial charge in [0.1, 0.15) is 0 Å². The molecule has 0 aliphatic rings. The Labute approximate surface area is 89.2 Å². The summed E-state index contributed by atoms with van der Waals surface area (Å²) in [7, 11) is 0. The van der Waals surface area contributed by atoms with Crippen molar-refractivity contribution in [2.24, 2.45) is 0 Å². The van der Waals surface area contributed by atoms with Crippen molar-refractivity contribution >= 4 is 16.6 Å². The highest BCUT2D eigenvalue weighted by molar-refractivity contribution is 5.83. The van der Waals surface area contributed by atoms with Gasteiger partial charge in [0, 0.05) is 22.3 Å². The molecule has 0 saturated carbocycles. The first-order chi connectivity index (χ1) is 7.15. The predicted molar refractivity (Wildman–Crippen MR) is 62.6 cm³/mol. The maximum Gasteiger partial charge on any atom is 0.0869 e. The van der Waals surface area contributed by atoms with Gasteiger partial charge in [-0.05, 0) is 38.1 Å². The summed E-state index contributed by atoms with van der Waals surface area (Å²) in [5.41, 5.74) is 8.69. The fourth-order valence-corrected chi connectivity index (χ4v) is 1.55. The van der Waals surface area contributed by atoms with E-state index in [4.69, 9.17) is 10.5 Å². The molecule has 0 aliphatic carbocycles. The number of H-pyrrole nitrogens is 1. The Kier molecular flexibility index (Phi) is 2.64. The zero-order valence-electron chi connectivity index (χ0n) is 9.08. The van der Waals surface area contributed by atoms with Crippen molar-refractivity contribution in [2.45, 2.75) is 26.6 Å². The number of hydrogen-bond acceptors (Lipinski definition) is 2. The Morgan fingerprint density at radius 3 is 2.87 bits per heavy atom. The number of aromatic amines is 1. The van der Waals surface area contributed by atoms with Crippen LogP contribution in [0.25, 0.3) is 10.9 Å². The summed E-state index contributed by atoms with van der Waals surface area (Å²) >= 11 is 0. The number of ether oxygens (including phenoxy) is 1. The van der Waals surface area contributed by atoms with Crippen LogP contribution in [0.1, 0.15) is 19.5 Å². The molecule has 3 nitrogen and oxygen atoms in total. The summed E-state index contributed by atoms with van der Waals surface area (Å²) in [6.07, 6.45) is 0.251. The Morgan fingerprint density at radius 1 is 1.33 bits per heavy atom. The molecule has 2 rings (SSSR count). The van der Waals surface area contributed by atoms with Gasteiger partial charge in [-0.1, -0.05) is 0 Å². The van der Waals surface area contributed by atoms with E-state index in [9.17, 15) is 0 Å². The summed E-state index contributed by atoms with van der Waals surface area (Å²) in [6, 6.07) is 7.92. The molecule has 0 radical (unpaired) electrons. The molecular weight excluding hydrogens is 188 g/mol. The third-order valence-corrected chi connectivity index (χ3v) is 2.27. The lowest BCUT2D eigenvalue weighted by Crippen LogP contribution is -2.02. The molecule has 1 aromatic heterocycles. The van der Waals surface area contributed by atoms with Gasteiger partial charge in [0.15, 0.2) is 0 Å². The van der Waals surface area contributed by atoms with Crippen molar-refractivity contribution < 1.29 is 4.74 Å². The van der Waals surface area contributed by atoms with Gasteiger partial charge in [0.05, 0.1) is 12.7 Å². The van der Waals surface area contributed by atoms with Crippen LogP contribution in [0.4, 0.5) is 5.69 Å². The number of fused-ring (bicyclic) bond motifs is 1. The lowest BCUT2D eigenvalue weighted by molar-refractivity contribution is 0.0639. The van der Waals surface area contributed by atoms with Crippen LogP contribution in [0, 0.1) is 0 Å². The highest BCUT2D eigenvalue weighted by Crippen LogP contribution is 2.18. The van der Waals surface area contributed by atoms with E-state index in [0.717, 1.165) is 22.3 Å². The molecule has 0 saturated heterocycles. The molecule has 1 aromatic carbocycles. The third-order valence-electron chi connectivity index (χ3n) is 2.27. The van der Waals surface area contributed by atoms with Crippen molar-refractivity contribution in [3.8, 4) is 0 Å². The number of hydrogen-bond donors (Lipinski definition) is 2. The maximum atomic E-state index is 5.71. The molecule has 15 heavy (non-hydrogen) atoms. The van der Waals surface area contributed by atoms with Crippen LogP contribution in [0.2, 0.25) is 0 Å². The molecule has 3 heteroatoms. The Morgan fingerprint density at radius 2 is 2.13 bits per heavy atom. The first-order valence-corrected chi connectivity index (χ1v) is 5.14. The van der Waals surface area contributed by atoms with Gasteiger partial charge in [-0.3, -0.25) is 0 Å². The average molecular weight is 204 g/mol. The lowest BCUT2D eigenvalue weighted by Gasteiger charge is -2.04. The number of aromatic nitrogens is 1. The minimum absolute atomic E-state index is 0.251. The van der Waals surface area contributed by atoms with E-state index in [1.165, 1.54) is 0 Å². The minimum Gasteiger partial charge on any atom is -0.399 e. The van der Waals surface area contributed by atoms with Crippen LogP contribution in [0.5, 0.6) is 0 Å². The molecule has 0 bridgehead atoms. The second-order valence-corrected chi connectivity index (χ2v) is 4.00. The summed E-state index contributed by atoms with van der Waals surface area (Å²) in [4.78, 5) is 3.30. The van der Waals surface area contributed by atoms with Gasteiger partial charge in [0.25, 0.3) is 0 Å². The van der Waals surface area contributed by atoms with E-state index in [1.54, 1.807) is 0 Å². The molecular formula is C12H16N2O. The summed E-state index contributed by atoms with van der Waals surface area (Å²) in [5.74, 6) is 0. The van der Waals surface area contributed by atoms with E-state index < -0.39 is 0 Å². The molecule has 1 heterocycles. The van der Waals surface area contributed by atoms with E-state index in [1.807, 2.05) is 32.0 Å². The first kappa shape index (κ1) is 10.1. The number of rotatable bonds is 3. The summed E-state index contributed by atoms with van der Waals surface area (Å²) in [5, 5.41) is 1.14. The highest BCUT2D eigenvalue weighted by Gasteiger charge is 2.02. The van der Waals surface area contributed by atoms with Crippen molar-refractivity contribution in [1.82, 2.24) is 4.98 Å². The maximum absolute atomic E-state index is 5.71. The average Bonchev–Trinajstić information content (AvgIpc) is 2.56. The first-order valence-electron chi connectivity index (χ1n) is 5.14. The van der Waals surface area contributed by atoms with Crippen molar-refractivity contribution in [3.05, 3.63) is 30.0 Å². The van der Waals surface area contributed by atoms with Gasteiger partial charge in [-0.15, -0.1) is 0 Å². The summed E-state index contributed by atoms with van der Waals surface area (Å²) < 4.78 is 5.53. The molecule has 0 spiro atoms. The SMILES string of the molecule is CC(C)OCc1cc2cc(N)ccc2[nH]1. The van der Waals surface area contributed by atoms with Gasteiger partial charge >= 0.3 is 0 Å².